The largest absolute Gasteiger partial charge is 0.417 e. The zero-order chi connectivity index (χ0) is 15.2. The number of aromatic nitrogens is 1. The minimum Gasteiger partial charge on any atom is -0.408 e. The van der Waals surface area contributed by atoms with Crippen LogP contribution in [0.1, 0.15) is 58.1 Å². The van der Waals surface area contributed by atoms with E-state index in [1.54, 1.807) is 0 Å². The summed E-state index contributed by atoms with van der Waals surface area (Å²) in [5, 5.41) is 3.60. The van der Waals surface area contributed by atoms with E-state index < -0.39 is 0 Å². The van der Waals surface area contributed by atoms with Crippen molar-refractivity contribution < 1.29 is 4.42 Å². The first-order valence-electron chi connectivity index (χ1n) is 8.05. The lowest BCUT2D eigenvalue weighted by molar-refractivity contribution is 0.328. The number of nitrogens with one attached hydrogen (secondary N) is 2. The van der Waals surface area contributed by atoms with Gasteiger partial charge in [0.05, 0.1) is 5.52 Å². The Morgan fingerprint density at radius 3 is 2.76 bits per heavy atom. The number of H-pyrrole nitrogens is 1. The molecule has 1 aromatic carbocycles. The topological polar surface area (TPSA) is 58.0 Å². The predicted molar refractivity (Wildman–Crippen MR) is 86.6 cm³/mol. The third-order valence-corrected chi connectivity index (χ3v) is 4.15. The highest BCUT2D eigenvalue weighted by molar-refractivity contribution is 5.72. The second kappa shape index (κ2) is 7.46. The number of benzene rings is 1. The average Bonchev–Trinajstić information content (AvgIpc) is 2.85. The van der Waals surface area contributed by atoms with Crippen molar-refractivity contribution in [2.24, 2.45) is 5.92 Å². The molecule has 0 bridgehead atoms. The normalized spacial score (nSPS) is 14.4. The average molecular weight is 290 g/mol. The molecule has 116 valence electrons. The molecular formula is C17H26N2O2. The van der Waals surface area contributed by atoms with Gasteiger partial charge in [0.2, 0.25) is 0 Å². The molecule has 2 aromatic rings. The molecule has 4 heteroatoms. The van der Waals surface area contributed by atoms with Gasteiger partial charge in [-0.15, -0.1) is 0 Å². The van der Waals surface area contributed by atoms with Gasteiger partial charge < -0.3 is 9.73 Å². The quantitative estimate of drug-likeness (QED) is 0.773. The Morgan fingerprint density at radius 2 is 2.10 bits per heavy atom. The fourth-order valence-corrected chi connectivity index (χ4v) is 3.00. The summed E-state index contributed by atoms with van der Waals surface area (Å²) in [5.41, 5.74) is 2.61. The standard InChI is InChI=1S/C17H26N2O2/c1-4-7-8-12(5-2)16(18-6-3)13-9-10-14-15(11-13)21-17(20)19-14/h9-12,16,18H,4-8H2,1-3H3,(H,19,20). The van der Waals surface area contributed by atoms with Gasteiger partial charge in [-0.3, -0.25) is 4.98 Å². The molecule has 21 heavy (non-hydrogen) atoms. The first-order chi connectivity index (χ1) is 10.2. The van der Waals surface area contributed by atoms with Crippen LogP contribution < -0.4 is 11.1 Å². The monoisotopic (exact) mass is 290 g/mol. The summed E-state index contributed by atoms with van der Waals surface area (Å²) >= 11 is 0. The van der Waals surface area contributed by atoms with E-state index in [0.29, 0.717) is 17.5 Å². The molecule has 0 saturated heterocycles. The van der Waals surface area contributed by atoms with Crippen molar-refractivity contribution in [3.8, 4) is 0 Å². The molecule has 1 aromatic heterocycles. The summed E-state index contributed by atoms with van der Waals surface area (Å²) in [6, 6.07) is 6.34. The Hall–Kier alpha value is -1.55. The van der Waals surface area contributed by atoms with Gasteiger partial charge in [0, 0.05) is 6.04 Å². The summed E-state index contributed by atoms with van der Waals surface area (Å²) in [5.74, 6) is 0.216. The van der Waals surface area contributed by atoms with Gasteiger partial charge >= 0.3 is 5.76 Å². The van der Waals surface area contributed by atoms with Crippen LogP contribution in [-0.4, -0.2) is 11.5 Å². The maximum Gasteiger partial charge on any atom is 0.417 e. The SMILES string of the molecule is CCCCC(CC)C(NCC)c1ccc2[nH]c(=O)oc2c1. The van der Waals surface area contributed by atoms with Crippen LogP contribution in [0.15, 0.2) is 27.4 Å². The second-order valence-corrected chi connectivity index (χ2v) is 5.62. The number of fused-ring (bicyclic) bond motifs is 1. The molecule has 0 saturated carbocycles. The minimum absolute atomic E-state index is 0.316. The molecule has 2 unspecified atom stereocenters. The third kappa shape index (κ3) is 3.76. The molecule has 4 nitrogen and oxygen atoms in total. The summed E-state index contributed by atoms with van der Waals surface area (Å²) in [7, 11) is 0. The Morgan fingerprint density at radius 1 is 1.29 bits per heavy atom. The number of hydrogen-bond donors (Lipinski definition) is 2. The van der Waals surface area contributed by atoms with E-state index in [1.807, 2.05) is 12.1 Å². The molecule has 0 aliphatic carbocycles. The van der Waals surface area contributed by atoms with Crippen molar-refractivity contribution in [2.45, 2.75) is 52.5 Å². The maximum absolute atomic E-state index is 11.3. The smallest absolute Gasteiger partial charge is 0.408 e. The molecule has 0 fully saturated rings. The van der Waals surface area contributed by atoms with Crippen molar-refractivity contribution >= 4 is 11.1 Å². The van der Waals surface area contributed by atoms with Crippen LogP contribution in [-0.2, 0) is 0 Å². The van der Waals surface area contributed by atoms with Crippen molar-refractivity contribution in [1.29, 1.82) is 0 Å². The third-order valence-electron chi connectivity index (χ3n) is 4.15. The predicted octanol–water partition coefficient (Wildman–Crippen LogP) is 3.99. The van der Waals surface area contributed by atoms with Gasteiger partial charge in [-0.25, -0.2) is 4.79 Å². The lowest BCUT2D eigenvalue weighted by atomic mass is 9.86. The lowest BCUT2D eigenvalue weighted by Gasteiger charge is -2.27. The Balaban J connectivity index is 2.31. The van der Waals surface area contributed by atoms with Gasteiger partial charge in [0.1, 0.15) is 0 Å². The fourth-order valence-electron chi connectivity index (χ4n) is 3.00. The minimum atomic E-state index is -0.389. The van der Waals surface area contributed by atoms with Crippen molar-refractivity contribution in [3.05, 3.63) is 34.3 Å². The van der Waals surface area contributed by atoms with Crippen LogP contribution in [0.3, 0.4) is 0 Å². The van der Waals surface area contributed by atoms with Crippen molar-refractivity contribution in [2.75, 3.05) is 6.54 Å². The van der Waals surface area contributed by atoms with E-state index in [0.717, 1.165) is 18.5 Å². The molecule has 0 aliphatic rings. The maximum atomic E-state index is 11.3. The Kier molecular flexibility index (Phi) is 5.62. The Bertz CT molecular complexity index is 615. The van der Waals surface area contributed by atoms with Gasteiger partial charge in [0.25, 0.3) is 0 Å². The molecule has 0 aliphatic heterocycles. The highest BCUT2D eigenvalue weighted by atomic mass is 16.4. The number of oxazole rings is 1. The Labute approximate surface area is 125 Å². The van der Waals surface area contributed by atoms with Gasteiger partial charge in [-0.2, -0.15) is 0 Å². The second-order valence-electron chi connectivity index (χ2n) is 5.62. The number of aromatic amines is 1. The van der Waals surface area contributed by atoms with E-state index >= 15 is 0 Å². The highest BCUT2D eigenvalue weighted by Crippen LogP contribution is 2.30. The number of unbranched alkanes of at least 4 members (excludes halogenated alkanes) is 1. The van der Waals surface area contributed by atoms with E-state index in [4.69, 9.17) is 4.42 Å². The van der Waals surface area contributed by atoms with Crippen LogP contribution in [0.2, 0.25) is 0 Å². The van der Waals surface area contributed by atoms with E-state index in [-0.39, 0.29) is 5.76 Å². The fraction of sp³-hybridized carbons (Fsp3) is 0.588. The first-order valence-corrected chi connectivity index (χ1v) is 8.05. The zero-order valence-corrected chi connectivity index (χ0v) is 13.2. The van der Waals surface area contributed by atoms with Crippen LogP contribution >= 0.6 is 0 Å². The molecule has 2 atom stereocenters. The summed E-state index contributed by atoms with van der Waals surface area (Å²) in [6.07, 6.45) is 4.84. The first kappa shape index (κ1) is 15.8. The molecule has 2 rings (SSSR count). The van der Waals surface area contributed by atoms with Crippen LogP contribution in [0.25, 0.3) is 11.1 Å². The molecule has 0 spiro atoms. The van der Waals surface area contributed by atoms with E-state index in [9.17, 15) is 4.79 Å². The molecule has 0 amide bonds. The van der Waals surface area contributed by atoms with Crippen LogP contribution in [0, 0.1) is 5.92 Å². The van der Waals surface area contributed by atoms with Crippen molar-refractivity contribution in [3.63, 3.8) is 0 Å². The molecule has 0 radical (unpaired) electrons. The molecule has 1 heterocycles. The van der Waals surface area contributed by atoms with E-state index in [1.165, 1.54) is 24.8 Å². The van der Waals surface area contributed by atoms with Gasteiger partial charge in [0.15, 0.2) is 5.58 Å². The van der Waals surface area contributed by atoms with Gasteiger partial charge in [-0.05, 0) is 36.6 Å². The number of hydrogen-bond acceptors (Lipinski definition) is 3. The van der Waals surface area contributed by atoms with Crippen molar-refractivity contribution in [1.82, 2.24) is 10.3 Å². The summed E-state index contributed by atoms with van der Waals surface area (Å²) < 4.78 is 5.19. The van der Waals surface area contributed by atoms with E-state index in [2.05, 4.69) is 37.1 Å². The van der Waals surface area contributed by atoms with Crippen LogP contribution in [0.5, 0.6) is 0 Å². The highest BCUT2D eigenvalue weighted by Gasteiger charge is 2.21. The van der Waals surface area contributed by atoms with Gasteiger partial charge in [-0.1, -0.05) is 46.1 Å². The molecular weight excluding hydrogens is 264 g/mol. The lowest BCUT2D eigenvalue weighted by Crippen LogP contribution is -2.28. The molecule has 2 N–H and O–H groups in total. The van der Waals surface area contributed by atoms with Crippen LogP contribution in [0.4, 0.5) is 0 Å². The summed E-state index contributed by atoms with van der Waals surface area (Å²) in [4.78, 5) is 14.0. The zero-order valence-electron chi connectivity index (χ0n) is 13.2. The summed E-state index contributed by atoms with van der Waals surface area (Å²) in [6.45, 7) is 7.55. The number of rotatable bonds is 8.